The van der Waals surface area contributed by atoms with Gasteiger partial charge in [0.05, 0.1) is 5.92 Å². The van der Waals surface area contributed by atoms with Gasteiger partial charge >= 0.3 is 0 Å². The van der Waals surface area contributed by atoms with Crippen molar-refractivity contribution in [3.05, 3.63) is 28.8 Å². The van der Waals surface area contributed by atoms with Crippen LogP contribution < -0.4 is 0 Å². The van der Waals surface area contributed by atoms with Crippen molar-refractivity contribution in [1.29, 1.82) is 0 Å². The van der Waals surface area contributed by atoms with Crippen molar-refractivity contribution in [2.75, 3.05) is 5.75 Å². The van der Waals surface area contributed by atoms with Gasteiger partial charge < -0.3 is 0 Å². The highest BCUT2D eigenvalue weighted by atomic mass is 32.2. The Morgan fingerprint density at radius 1 is 1.28 bits per heavy atom. The second kappa shape index (κ2) is 4.54. The molecule has 2 aliphatic rings. The number of benzene rings is 1. The zero-order valence-electron chi connectivity index (χ0n) is 10.5. The number of ketones is 2. The zero-order valence-corrected chi connectivity index (χ0v) is 11.3. The molecule has 1 aliphatic heterocycles. The van der Waals surface area contributed by atoms with Crippen molar-refractivity contribution >= 4 is 23.3 Å². The minimum atomic E-state index is -0.427. The van der Waals surface area contributed by atoms with Crippen LogP contribution in [0.25, 0.3) is 0 Å². The summed E-state index contributed by atoms with van der Waals surface area (Å²) < 4.78 is 0. The molecule has 0 aromatic heterocycles. The number of hydrogen-bond donors (Lipinski definition) is 0. The van der Waals surface area contributed by atoms with Crippen molar-refractivity contribution in [2.24, 2.45) is 5.92 Å². The molecule has 0 spiro atoms. The summed E-state index contributed by atoms with van der Waals surface area (Å²) in [5.41, 5.74) is 3.56. The molecule has 18 heavy (non-hydrogen) atoms. The highest BCUT2D eigenvalue weighted by molar-refractivity contribution is 7.99. The predicted octanol–water partition coefficient (Wildman–Crippen LogP) is 3.06. The second-order valence-corrected chi connectivity index (χ2v) is 6.16. The Balaban J connectivity index is 2.07. The fraction of sp³-hybridized carbons (Fsp3) is 0.467. The lowest BCUT2D eigenvalue weighted by atomic mass is 9.87. The third-order valence-electron chi connectivity index (χ3n) is 3.95. The molecule has 0 N–H and O–H groups in total. The van der Waals surface area contributed by atoms with E-state index in [1.165, 1.54) is 30.9 Å². The van der Waals surface area contributed by atoms with Crippen molar-refractivity contribution in [3.63, 3.8) is 0 Å². The molecule has 0 bridgehead atoms. The molecule has 1 unspecified atom stereocenters. The largest absolute Gasteiger partial charge is 0.299 e. The zero-order chi connectivity index (χ0) is 12.7. The van der Waals surface area contributed by atoms with Gasteiger partial charge in [-0.15, -0.1) is 11.8 Å². The Hall–Kier alpha value is -1.09. The molecule has 1 atom stereocenters. The van der Waals surface area contributed by atoms with E-state index in [2.05, 4.69) is 6.07 Å². The molecule has 0 saturated heterocycles. The highest BCUT2D eigenvalue weighted by Crippen LogP contribution is 2.39. The quantitative estimate of drug-likeness (QED) is 0.728. The maximum Gasteiger partial charge on any atom is 0.175 e. The van der Waals surface area contributed by atoms with Gasteiger partial charge in [0.25, 0.3) is 0 Å². The number of Topliss-reactive ketones (excluding diaryl/α,β-unsaturated/α-hetero) is 2. The topological polar surface area (TPSA) is 34.1 Å². The highest BCUT2D eigenvalue weighted by Gasteiger charge is 2.33. The molecule has 0 radical (unpaired) electrons. The molecule has 3 heteroatoms. The molecule has 1 aromatic carbocycles. The summed E-state index contributed by atoms with van der Waals surface area (Å²) in [5.74, 6) is 0.224. The molecule has 1 heterocycles. The number of aryl methyl sites for hydroxylation is 1. The van der Waals surface area contributed by atoms with Gasteiger partial charge in [-0.2, -0.15) is 0 Å². The third kappa shape index (κ3) is 1.81. The Kier molecular flexibility index (Phi) is 3.02. The summed E-state index contributed by atoms with van der Waals surface area (Å²) in [4.78, 5) is 24.9. The Morgan fingerprint density at radius 2 is 2.06 bits per heavy atom. The Morgan fingerprint density at radius 3 is 2.83 bits per heavy atom. The van der Waals surface area contributed by atoms with Gasteiger partial charge in [-0.05, 0) is 49.8 Å². The van der Waals surface area contributed by atoms with Gasteiger partial charge in [0, 0.05) is 16.2 Å². The molecule has 1 aliphatic carbocycles. The fourth-order valence-electron chi connectivity index (χ4n) is 2.89. The molecular formula is C15H16O2S. The second-order valence-electron chi connectivity index (χ2n) is 5.13. The Bertz CT molecular complexity index is 534. The average molecular weight is 260 g/mol. The van der Waals surface area contributed by atoms with Gasteiger partial charge in [0.15, 0.2) is 5.78 Å². The molecule has 0 saturated carbocycles. The van der Waals surface area contributed by atoms with Crippen molar-refractivity contribution in [1.82, 2.24) is 0 Å². The van der Waals surface area contributed by atoms with Crippen LogP contribution in [0.15, 0.2) is 17.0 Å². The number of hydrogen-bond acceptors (Lipinski definition) is 3. The van der Waals surface area contributed by atoms with Crippen LogP contribution in [0.5, 0.6) is 0 Å². The van der Waals surface area contributed by atoms with Crippen LogP contribution in [0.4, 0.5) is 0 Å². The van der Waals surface area contributed by atoms with Gasteiger partial charge in [-0.3, -0.25) is 9.59 Å². The smallest absolute Gasteiger partial charge is 0.175 e. The summed E-state index contributed by atoms with van der Waals surface area (Å²) in [7, 11) is 0. The lowest BCUT2D eigenvalue weighted by Crippen LogP contribution is -2.29. The molecule has 0 fully saturated rings. The molecular weight excluding hydrogens is 244 g/mol. The molecule has 1 aromatic rings. The van der Waals surface area contributed by atoms with E-state index in [0.29, 0.717) is 5.75 Å². The SMILES string of the molecule is CC(=O)C1CSc2c(ccc3c2CCCC3)C1=O. The van der Waals surface area contributed by atoms with E-state index in [0.717, 1.165) is 23.3 Å². The average Bonchev–Trinajstić information content (AvgIpc) is 2.38. The van der Waals surface area contributed by atoms with E-state index < -0.39 is 5.92 Å². The first-order valence-corrected chi connectivity index (χ1v) is 7.49. The van der Waals surface area contributed by atoms with E-state index in [1.807, 2.05) is 6.07 Å². The van der Waals surface area contributed by atoms with E-state index in [1.54, 1.807) is 11.8 Å². The molecule has 94 valence electrons. The van der Waals surface area contributed by atoms with Crippen LogP contribution in [0.3, 0.4) is 0 Å². The van der Waals surface area contributed by atoms with Crippen LogP contribution in [-0.4, -0.2) is 17.3 Å². The first-order chi connectivity index (χ1) is 8.68. The van der Waals surface area contributed by atoms with E-state index >= 15 is 0 Å². The number of thioether (sulfide) groups is 1. The minimum absolute atomic E-state index is 0.00382. The van der Waals surface area contributed by atoms with Gasteiger partial charge in [-0.25, -0.2) is 0 Å². The summed E-state index contributed by atoms with van der Waals surface area (Å²) in [6, 6.07) is 4.03. The number of carbonyl (C=O) groups excluding carboxylic acids is 2. The van der Waals surface area contributed by atoms with Gasteiger partial charge in [-0.1, -0.05) is 6.07 Å². The van der Waals surface area contributed by atoms with Crippen LogP contribution in [-0.2, 0) is 17.6 Å². The van der Waals surface area contributed by atoms with Crippen LogP contribution >= 0.6 is 11.8 Å². The molecule has 0 amide bonds. The maximum absolute atomic E-state index is 12.3. The van der Waals surface area contributed by atoms with Crippen molar-refractivity contribution < 1.29 is 9.59 Å². The fourth-order valence-corrected chi connectivity index (χ4v) is 4.34. The van der Waals surface area contributed by atoms with E-state index in [-0.39, 0.29) is 11.6 Å². The number of carbonyl (C=O) groups is 2. The lowest BCUT2D eigenvalue weighted by molar-refractivity contribution is -0.118. The predicted molar refractivity (Wildman–Crippen MR) is 72.3 cm³/mol. The first kappa shape index (κ1) is 12.0. The molecule has 2 nitrogen and oxygen atoms in total. The summed E-state index contributed by atoms with van der Waals surface area (Å²) in [6.07, 6.45) is 4.69. The molecule has 3 rings (SSSR count). The van der Waals surface area contributed by atoms with E-state index in [4.69, 9.17) is 0 Å². The number of fused-ring (bicyclic) bond motifs is 3. The van der Waals surface area contributed by atoms with Crippen LogP contribution in [0.2, 0.25) is 0 Å². The first-order valence-electron chi connectivity index (χ1n) is 6.50. The van der Waals surface area contributed by atoms with Gasteiger partial charge in [0.2, 0.25) is 0 Å². The van der Waals surface area contributed by atoms with Crippen LogP contribution in [0, 0.1) is 5.92 Å². The maximum atomic E-state index is 12.3. The van der Waals surface area contributed by atoms with Crippen LogP contribution in [0.1, 0.15) is 41.3 Å². The lowest BCUT2D eigenvalue weighted by Gasteiger charge is -2.26. The monoisotopic (exact) mass is 260 g/mol. The van der Waals surface area contributed by atoms with Gasteiger partial charge in [0.1, 0.15) is 5.78 Å². The summed E-state index contributed by atoms with van der Waals surface area (Å²) in [5, 5.41) is 0. The number of rotatable bonds is 1. The Labute approximate surface area is 111 Å². The normalized spacial score (nSPS) is 22.3. The van der Waals surface area contributed by atoms with Crippen molar-refractivity contribution in [2.45, 2.75) is 37.5 Å². The van der Waals surface area contributed by atoms with Crippen molar-refractivity contribution in [3.8, 4) is 0 Å². The summed E-state index contributed by atoms with van der Waals surface area (Å²) >= 11 is 1.70. The standard InChI is InChI=1S/C15H16O2S/c1-9(16)13-8-18-15-11-5-3-2-4-10(11)6-7-12(15)14(13)17/h6-7,13H,2-5,8H2,1H3. The minimum Gasteiger partial charge on any atom is -0.299 e. The third-order valence-corrected chi connectivity index (χ3v) is 5.20. The van der Waals surface area contributed by atoms with E-state index in [9.17, 15) is 9.59 Å². The summed E-state index contributed by atoms with van der Waals surface area (Å²) in [6.45, 7) is 1.52.